The standard InChI is InChI=1S/C11H11F3N2.ClH/c12-11(13,14)10(16)6-5-8-1-3-9(7-15)4-2-8;/h1-4,10H,5-6,16H2;1H. The Bertz CT molecular complexity index is 381. The Morgan fingerprint density at radius 1 is 1.24 bits per heavy atom. The van der Waals surface area contributed by atoms with Crippen LogP contribution >= 0.6 is 12.4 Å². The van der Waals surface area contributed by atoms with E-state index in [-0.39, 0.29) is 25.2 Å². The Morgan fingerprint density at radius 3 is 2.18 bits per heavy atom. The molecule has 1 rings (SSSR count). The second-order valence-corrected chi connectivity index (χ2v) is 3.50. The van der Waals surface area contributed by atoms with E-state index in [1.807, 2.05) is 6.07 Å². The van der Waals surface area contributed by atoms with Gasteiger partial charge < -0.3 is 5.73 Å². The minimum atomic E-state index is -4.34. The predicted octanol–water partition coefficient (Wildman–Crippen LogP) is 2.80. The van der Waals surface area contributed by atoms with Gasteiger partial charge >= 0.3 is 6.18 Å². The molecule has 0 saturated carbocycles. The lowest BCUT2D eigenvalue weighted by molar-refractivity contribution is -0.148. The van der Waals surface area contributed by atoms with Crippen LogP contribution in [0, 0.1) is 11.3 Å². The maximum Gasteiger partial charge on any atom is 0.403 e. The van der Waals surface area contributed by atoms with E-state index in [0.29, 0.717) is 5.56 Å². The van der Waals surface area contributed by atoms with Gasteiger partial charge in [-0.05, 0) is 30.5 Å². The summed E-state index contributed by atoms with van der Waals surface area (Å²) in [4.78, 5) is 0. The van der Waals surface area contributed by atoms with E-state index in [9.17, 15) is 13.2 Å². The Morgan fingerprint density at radius 2 is 1.76 bits per heavy atom. The van der Waals surface area contributed by atoms with E-state index in [1.165, 1.54) is 0 Å². The minimum absolute atomic E-state index is 0. The van der Waals surface area contributed by atoms with Crippen molar-refractivity contribution in [2.75, 3.05) is 0 Å². The number of nitrogens with zero attached hydrogens (tertiary/aromatic N) is 1. The molecule has 0 heterocycles. The minimum Gasteiger partial charge on any atom is -0.320 e. The molecule has 0 aromatic heterocycles. The molecule has 2 N–H and O–H groups in total. The summed E-state index contributed by atoms with van der Waals surface area (Å²) in [7, 11) is 0. The van der Waals surface area contributed by atoms with Crippen LogP contribution in [-0.2, 0) is 6.42 Å². The molecule has 1 atom stereocenters. The van der Waals surface area contributed by atoms with E-state index in [2.05, 4.69) is 0 Å². The van der Waals surface area contributed by atoms with Gasteiger partial charge in [-0.2, -0.15) is 18.4 Å². The van der Waals surface area contributed by atoms with E-state index in [1.54, 1.807) is 24.3 Å². The van der Waals surface area contributed by atoms with Crippen LogP contribution in [-0.4, -0.2) is 12.2 Å². The lowest BCUT2D eigenvalue weighted by atomic mass is 10.0. The average Bonchev–Trinajstić information content (AvgIpc) is 2.25. The van der Waals surface area contributed by atoms with Gasteiger partial charge in [0.2, 0.25) is 0 Å². The summed E-state index contributed by atoms with van der Waals surface area (Å²) in [5.41, 5.74) is 6.22. The van der Waals surface area contributed by atoms with Crippen molar-refractivity contribution in [2.24, 2.45) is 5.73 Å². The lowest BCUT2D eigenvalue weighted by Crippen LogP contribution is -2.37. The number of rotatable bonds is 3. The molecule has 17 heavy (non-hydrogen) atoms. The van der Waals surface area contributed by atoms with Crippen LogP contribution in [0.1, 0.15) is 17.5 Å². The average molecular weight is 265 g/mol. The van der Waals surface area contributed by atoms with Crippen molar-refractivity contribution in [3.05, 3.63) is 35.4 Å². The first-order valence-corrected chi connectivity index (χ1v) is 4.75. The second-order valence-electron chi connectivity index (χ2n) is 3.50. The predicted molar refractivity (Wildman–Crippen MR) is 60.8 cm³/mol. The summed E-state index contributed by atoms with van der Waals surface area (Å²) in [6.07, 6.45) is -4.23. The summed E-state index contributed by atoms with van der Waals surface area (Å²) < 4.78 is 36.3. The zero-order chi connectivity index (χ0) is 12.2. The van der Waals surface area contributed by atoms with Crippen molar-refractivity contribution < 1.29 is 13.2 Å². The molecule has 94 valence electrons. The molecule has 1 aromatic rings. The fourth-order valence-electron chi connectivity index (χ4n) is 1.23. The number of halogens is 4. The highest BCUT2D eigenvalue weighted by atomic mass is 35.5. The Kier molecular flexibility index (Phi) is 6.00. The van der Waals surface area contributed by atoms with Crippen molar-refractivity contribution in [3.63, 3.8) is 0 Å². The first kappa shape index (κ1) is 15.8. The van der Waals surface area contributed by atoms with Crippen LogP contribution in [0.25, 0.3) is 0 Å². The van der Waals surface area contributed by atoms with Gasteiger partial charge in [-0.3, -0.25) is 0 Å². The Labute approximate surface area is 104 Å². The van der Waals surface area contributed by atoms with Crippen LogP contribution in [0.3, 0.4) is 0 Å². The summed E-state index contributed by atoms with van der Waals surface area (Å²) in [5.74, 6) is 0. The van der Waals surface area contributed by atoms with Crippen molar-refractivity contribution in [1.29, 1.82) is 5.26 Å². The van der Waals surface area contributed by atoms with Gasteiger partial charge in [0.05, 0.1) is 11.6 Å². The summed E-state index contributed by atoms with van der Waals surface area (Å²) in [6, 6.07) is 6.59. The summed E-state index contributed by atoms with van der Waals surface area (Å²) in [6.45, 7) is 0. The fraction of sp³-hybridized carbons (Fsp3) is 0.364. The van der Waals surface area contributed by atoms with Gasteiger partial charge in [-0.25, -0.2) is 0 Å². The van der Waals surface area contributed by atoms with Gasteiger partial charge in [0.15, 0.2) is 0 Å². The molecule has 1 unspecified atom stereocenters. The van der Waals surface area contributed by atoms with Crippen molar-refractivity contribution >= 4 is 12.4 Å². The van der Waals surface area contributed by atoms with Gasteiger partial charge in [0.25, 0.3) is 0 Å². The largest absolute Gasteiger partial charge is 0.403 e. The third-order valence-corrected chi connectivity index (χ3v) is 2.25. The van der Waals surface area contributed by atoms with E-state index >= 15 is 0 Å². The number of alkyl halides is 3. The van der Waals surface area contributed by atoms with Gasteiger partial charge in [-0.15, -0.1) is 12.4 Å². The highest BCUT2D eigenvalue weighted by Gasteiger charge is 2.35. The van der Waals surface area contributed by atoms with Crippen molar-refractivity contribution in [1.82, 2.24) is 0 Å². The molecule has 0 aliphatic heterocycles. The second kappa shape index (κ2) is 6.48. The topological polar surface area (TPSA) is 49.8 Å². The maximum absolute atomic E-state index is 12.1. The maximum atomic E-state index is 12.1. The highest BCUT2D eigenvalue weighted by Crippen LogP contribution is 2.21. The zero-order valence-electron chi connectivity index (χ0n) is 8.87. The fourth-order valence-corrected chi connectivity index (χ4v) is 1.23. The molecule has 0 bridgehead atoms. The molecule has 6 heteroatoms. The zero-order valence-corrected chi connectivity index (χ0v) is 9.68. The monoisotopic (exact) mass is 264 g/mol. The van der Waals surface area contributed by atoms with Gasteiger partial charge in [0, 0.05) is 0 Å². The quantitative estimate of drug-likeness (QED) is 0.913. The number of hydrogen-bond acceptors (Lipinski definition) is 2. The molecule has 0 radical (unpaired) electrons. The molecule has 2 nitrogen and oxygen atoms in total. The Hall–Kier alpha value is -1.25. The SMILES string of the molecule is Cl.N#Cc1ccc(CCC(N)C(F)(F)F)cc1. The van der Waals surface area contributed by atoms with E-state index in [0.717, 1.165) is 5.56 Å². The third-order valence-electron chi connectivity index (χ3n) is 2.25. The molecule has 0 spiro atoms. The van der Waals surface area contributed by atoms with Crippen LogP contribution in [0.2, 0.25) is 0 Å². The number of benzene rings is 1. The van der Waals surface area contributed by atoms with E-state index in [4.69, 9.17) is 11.0 Å². The first-order valence-electron chi connectivity index (χ1n) is 4.75. The van der Waals surface area contributed by atoms with Crippen molar-refractivity contribution in [2.45, 2.75) is 25.1 Å². The highest BCUT2D eigenvalue weighted by molar-refractivity contribution is 5.85. The lowest BCUT2D eigenvalue weighted by Gasteiger charge is -2.15. The summed E-state index contributed by atoms with van der Waals surface area (Å²) >= 11 is 0. The van der Waals surface area contributed by atoms with Crippen LogP contribution < -0.4 is 5.73 Å². The Balaban J connectivity index is 0.00000256. The van der Waals surface area contributed by atoms with Crippen LogP contribution in [0.5, 0.6) is 0 Å². The normalized spacial score (nSPS) is 12.4. The first-order chi connectivity index (χ1) is 7.43. The smallest absolute Gasteiger partial charge is 0.320 e. The number of hydrogen-bond donors (Lipinski definition) is 1. The molecule has 0 saturated heterocycles. The molecular formula is C11H12ClF3N2. The van der Waals surface area contributed by atoms with Crippen LogP contribution in [0.4, 0.5) is 13.2 Å². The van der Waals surface area contributed by atoms with Gasteiger partial charge in [0.1, 0.15) is 6.04 Å². The van der Waals surface area contributed by atoms with Gasteiger partial charge in [-0.1, -0.05) is 12.1 Å². The summed E-state index contributed by atoms with van der Waals surface area (Å²) in [5, 5.41) is 8.53. The van der Waals surface area contributed by atoms with Crippen LogP contribution in [0.15, 0.2) is 24.3 Å². The molecule has 0 fully saturated rings. The molecule has 0 amide bonds. The van der Waals surface area contributed by atoms with E-state index < -0.39 is 12.2 Å². The third kappa shape index (κ3) is 5.07. The molecule has 0 aliphatic carbocycles. The van der Waals surface area contributed by atoms with Crippen molar-refractivity contribution in [3.8, 4) is 6.07 Å². The molecule has 0 aliphatic rings. The molecule has 1 aromatic carbocycles. The molecular weight excluding hydrogens is 253 g/mol. The number of nitriles is 1. The number of nitrogens with two attached hydrogens (primary N) is 1. The number of aryl methyl sites for hydroxylation is 1.